The first kappa shape index (κ1) is 22.8. The van der Waals surface area contributed by atoms with Crippen LogP contribution >= 0.6 is 0 Å². The first-order valence-corrected chi connectivity index (χ1v) is 14.1. The summed E-state index contributed by atoms with van der Waals surface area (Å²) in [7, 11) is -2.80. The van der Waals surface area contributed by atoms with Crippen LogP contribution < -0.4 is 10.4 Å². The Balaban J connectivity index is 1.57. The highest BCUT2D eigenvalue weighted by Gasteiger charge is 2.40. The molecule has 0 aliphatic heterocycles. The predicted molar refractivity (Wildman–Crippen MR) is 142 cm³/mol. The molecule has 0 fully saturated rings. The van der Waals surface area contributed by atoms with Gasteiger partial charge in [-0.1, -0.05) is 109 Å². The third-order valence-electron chi connectivity index (χ3n) is 6.34. The van der Waals surface area contributed by atoms with Crippen LogP contribution in [0.1, 0.15) is 17.2 Å². The Bertz CT molecular complexity index is 1360. The minimum absolute atomic E-state index is 0.190. The maximum absolute atomic E-state index is 13.7. The van der Waals surface area contributed by atoms with Crippen molar-refractivity contribution in [1.82, 2.24) is 4.98 Å². The van der Waals surface area contributed by atoms with Crippen molar-refractivity contribution < 1.29 is 14.0 Å². The van der Waals surface area contributed by atoms with E-state index < -0.39 is 20.4 Å². The number of aromatic nitrogens is 1. The Hall–Kier alpha value is -3.93. The molecule has 0 saturated heterocycles. The number of carbonyl (C=O) groups excluding carboxylic acids is 1. The van der Waals surface area contributed by atoms with Crippen LogP contribution in [-0.4, -0.2) is 19.3 Å². The Labute approximate surface area is 206 Å². The lowest BCUT2D eigenvalue weighted by atomic mass is 10.1. The standard InChI is InChI=1S/C30H27NO3Si/c1-35(25-15-7-3-8-16-25,26-17-9-4-10-18-26)34-29(27-19-11-14-24-20-21-31-28(24)27)30(32)33-22-23-12-5-2-6-13-23/h2-21,29,31H,22H2,1H3/t29-/m0/s1. The highest BCUT2D eigenvalue weighted by molar-refractivity contribution is 6.96. The molecule has 1 heterocycles. The van der Waals surface area contributed by atoms with Crippen LogP contribution in [0.5, 0.6) is 0 Å². The van der Waals surface area contributed by atoms with E-state index in [1.165, 1.54) is 0 Å². The highest BCUT2D eigenvalue weighted by Crippen LogP contribution is 2.30. The van der Waals surface area contributed by atoms with Crippen LogP contribution in [0.4, 0.5) is 0 Å². The van der Waals surface area contributed by atoms with Gasteiger partial charge in [0.25, 0.3) is 8.32 Å². The Morgan fingerprint density at radius 3 is 2.00 bits per heavy atom. The van der Waals surface area contributed by atoms with Crippen molar-refractivity contribution in [3.63, 3.8) is 0 Å². The van der Waals surface area contributed by atoms with E-state index in [0.29, 0.717) is 0 Å². The van der Waals surface area contributed by atoms with Gasteiger partial charge in [0.1, 0.15) is 6.61 Å². The first-order chi connectivity index (χ1) is 17.1. The molecule has 4 nitrogen and oxygen atoms in total. The van der Waals surface area contributed by atoms with Gasteiger partial charge in [-0.15, -0.1) is 0 Å². The van der Waals surface area contributed by atoms with Crippen molar-refractivity contribution in [2.24, 2.45) is 0 Å². The van der Waals surface area contributed by atoms with Gasteiger partial charge >= 0.3 is 5.97 Å². The second-order valence-corrected chi connectivity index (χ2v) is 12.1. The number of carbonyl (C=O) groups is 1. The molecule has 0 spiro atoms. The third-order valence-corrected chi connectivity index (χ3v) is 9.92. The summed E-state index contributed by atoms with van der Waals surface area (Å²) in [6.45, 7) is 2.33. The number of hydrogen-bond donors (Lipinski definition) is 1. The van der Waals surface area contributed by atoms with E-state index in [-0.39, 0.29) is 6.61 Å². The van der Waals surface area contributed by atoms with Gasteiger partial charge in [-0.2, -0.15) is 0 Å². The molecule has 5 aromatic rings. The third kappa shape index (κ3) is 4.82. The molecule has 1 atom stereocenters. The van der Waals surface area contributed by atoms with E-state index in [2.05, 4.69) is 35.8 Å². The number of aromatic amines is 1. The molecule has 0 amide bonds. The largest absolute Gasteiger partial charge is 0.459 e. The van der Waals surface area contributed by atoms with Gasteiger partial charge in [-0.3, -0.25) is 0 Å². The highest BCUT2D eigenvalue weighted by atomic mass is 28.4. The molecule has 0 radical (unpaired) electrons. The quantitative estimate of drug-likeness (QED) is 0.242. The van der Waals surface area contributed by atoms with Crippen LogP contribution in [0.2, 0.25) is 6.55 Å². The number of para-hydroxylation sites is 1. The molecule has 0 unspecified atom stereocenters. The molecule has 0 bridgehead atoms. The van der Waals surface area contributed by atoms with Gasteiger partial charge in [0.15, 0.2) is 6.10 Å². The summed E-state index contributed by atoms with van der Waals surface area (Å²) in [5, 5.41) is 3.20. The molecule has 0 aliphatic carbocycles. The number of fused-ring (bicyclic) bond motifs is 1. The average Bonchev–Trinajstić information content (AvgIpc) is 3.41. The van der Waals surface area contributed by atoms with Crippen molar-refractivity contribution in [2.45, 2.75) is 19.3 Å². The molecule has 1 N–H and O–H groups in total. The van der Waals surface area contributed by atoms with Gasteiger partial charge in [-0.05, 0) is 33.9 Å². The predicted octanol–water partition coefficient (Wildman–Crippen LogP) is 5.36. The van der Waals surface area contributed by atoms with E-state index in [9.17, 15) is 4.79 Å². The summed E-state index contributed by atoms with van der Waals surface area (Å²) in [6, 6.07) is 38.0. The SMILES string of the molecule is C[Si](O[C@H](C(=O)OCc1ccccc1)c1cccc2cc[nH]c12)(c1ccccc1)c1ccccc1. The van der Waals surface area contributed by atoms with Crippen molar-refractivity contribution >= 4 is 35.6 Å². The monoisotopic (exact) mass is 477 g/mol. The van der Waals surface area contributed by atoms with E-state index in [0.717, 1.165) is 32.4 Å². The summed E-state index contributed by atoms with van der Waals surface area (Å²) >= 11 is 0. The molecular formula is C30H27NO3Si. The summed E-state index contributed by atoms with van der Waals surface area (Å²) < 4.78 is 12.8. The number of nitrogens with one attached hydrogen (secondary N) is 1. The average molecular weight is 478 g/mol. The van der Waals surface area contributed by atoms with E-state index in [1.807, 2.05) is 97.2 Å². The maximum atomic E-state index is 13.7. The fourth-order valence-electron chi connectivity index (χ4n) is 4.42. The lowest BCUT2D eigenvalue weighted by Crippen LogP contribution is -2.59. The van der Waals surface area contributed by atoms with Gasteiger partial charge in [0.05, 0.1) is 5.52 Å². The lowest BCUT2D eigenvalue weighted by molar-refractivity contribution is -0.154. The summed E-state index contributed by atoms with van der Waals surface area (Å²) in [5.74, 6) is -0.401. The van der Waals surface area contributed by atoms with Crippen LogP contribution in [-0.2, 0) is 20.6 Å². The van der Waals surface area contributed by atoms with Crippen molar-refractivity contribution in [1.29, 1.82) is 0 Å². The van der Waals surface area contributed by atoms with Crippen molar-refractivity contribution in [2.75, 3.05) is 0 Å². The number of H-pyrrole nitrogens is 1. The molecule has 5 rings (SSSR count). The molecule has 0 aliphatic rings. The minimum Gasteiger partial charge on any atom is -0.459 e. The summed E-state index contributed by atoms with van der Waals surface area (Å²) in [6.07, 6.45) is 0.990. The van der Waals surface area contributed by atoms with Crippen LogP contribution in [0.15, 0.2) is 121 Å². The molecule has 174 valence electrons. The van der Waals surface area contributed by atoms with Crippen LogP contribution in [0.25, 0.3) is 10.9 Å². The topological polar surface area (TPSA) is 51.3 Å². The summed E-state index contributed by atoms with van der Waals surface area (Å²) in [4.78, 5) is 17.0. The van der Waals surface area contributed by atoms with E-state index >= 15 is 0 Å². The Morgan fingerprint density at radius 1 is 0.771 bits per heavy atom. The second-order valence-electron chi connectivity index (χ2n) is 8.65. The van der Waals surface area contributed by atoms with E-state index in [1.54, 1.807) is 0 Å². The zero-order valence-corrected chi connectivity index (χ0v) is 20.6. The van der Waals surface area contributed by atoms with Crippen LogP contribution in [0, 0.1) is 0 Å². The Morgan fingerprint density at radius 2 is 1.37 bits per heavy atom. The van der Waals surface area contributed by atoms with Crippen molar-refractivity contribution in [3.8, 4) is 0 Å². The Kier molecular flexibility index (Phi) is 6.61. The first-order valence-electron chi connectivity index (χ1n) is 11.7. The molecule has 0 saturated carbocycles. The number of ether oxygens (including phenoxy) is 1. The zero-order valence-electron chi connectivity index (χ0n) is 19.6. The molecular weight excluding hydrogens is 450 g/mol. The van der Waals surface area contributed by atoms with Crippen LogP contribution in [0.3, 0.4) is 0 Å². The number of esters is 1. The lowest BCUT2D eigenvalue weighted by Gasteiger charge is -2.32. The molecule has 1 aromatic heterocycles. The summed E-state index contributed by atoms with van der Waals surface area (Å²) in [5.41, 5.74) is 2.59. The number of benzene rings is 4. The minimum atomic E-state index is -2.80. The van der Waals surface area contributed by atoms with Gasteiger partial charge < -0.3 is 14.1 Å². The van der Waals surface area contributed by atoms with Gasteiger partial charge in [-0.25, -0.2) is 4.79 Å². The number of hydrogen-bond acceptors (Lipinski definition) is 3. The molecule has 5 heteroatoms. The normalized spacial score (nSPS) is 12.4. The fraction of sp³-hybridized carbons (Fsp3) is 0.100. The van der Waals surface area contributed by atoms with Gasteiger partial charge in [0, 0.05) is 11.8 Å². The maximum Gasteiger partial charge on any atom is 0.339 e. The zero-order chi connectivity index (χ0) is 24.1. The van der Waals surface area contributed by atoms with E-state index in [4.69, 9.17) is 9.16 Å². The van der Waals surface area contributed by atoms with Crippen molar-refractivity contribution in [3.05, 3.63) is 133 Å². The van der Waals surface area contributed by atoms with Gasteiger partial charge in [0.2, 0.25) is 0 Å². The smallest absolute Gasteiger partial charge is 0.339 e. The molecule has 35 heavy (non-hydrogen) atoms. The fourth-order valence-corrected chi connectivity index (χ4v) is 7.38. The number of rotatable bonds is 8. The second kappa shape index (κ2) is 10.1. The molecule has 4 aromatic carbocycles.